The van der Waals surface area contributed by atoms with Crippen molar-refractivity contribution in [2.24, 2.45) is 5.92 Å². The van der Waals surface area contributed by atoms with Crippen LogP contribution in [0.15, 0.2) is 22.9 Å². The van der Waals surface area contributed by atoms with Crippen molar-refractivity contribution in [2.45, 2.75) is 13.8 Å². The predicted molar refractivity (Wildman–Crippen MR) is 48.0 cm³/mol. The quantitative estimate of drug-likeness (QED) is 0.508. The van der Waals surface area contributed by atoms with Crippen LogP contribution in [0, 0.1) is 5.92 Å². The minimum Gasteiger partial charge on any atom is -0.496 e. The average Bonchev–Trinajstić information content (AvgIpc) is 1.85. The zero-order chi connectivity index (χ0) is 8.15. The maximum Gasteiger partial charge on any atom is 0.125 e. The summed E-state index contributed by atoms with van der Waals surface area (Å²) in [7, 11) is 1.61. The first-order valence-corrected chi connectivity index (χ1v) is 3.97. The molecule has 0 aliphatic heterocycles. The van der Waals surface area contributed by atoms with Gasteiger partial charge >= 0.3 is 0 Å². The molecule has 1 nitrogen and oxygen atoms in total. The van der Waals surface area contributed by atoms with E-state index in [0.29, 0.717) is 11.7 Å². The molecule has 0 unspecified atom stereocenters. The largest absolute Gasteiger partial charge is 0.496 e. The minimum atomic E-state index is 0.515. The fraction of sp³-hybridized carbons (Fsp3) is 0.500. The van der Waals surface area contributed by atoms with Crippen LogP contribution in [0.5, 0.6) is 0 Å². The van der Waals surface area contributed by atoms with Gasteiger partial charge in [0, 0.05) is 0 Å². The molecule has 10 heavy (non-hydrogen) atoms. The van der Waals surface area contributed by atoms with E-state index in [0.717, 1.165) is 4.48 Å². The van der Waals surface area contributed by atoms with Crippen LogP contribution in [0.2, 0.25) is 0 Å². The second-order valence-electron chi connectivity index (χ2n) is 2.39. The van der Waals surface area contributed by atoms with Gasteiger partial charge in [0.2, 0.25) is 0 Å². The topological polar surface area (TPSA) is 9.23 Å². The monoisotopic (exact) mass is 204 g/mol. The van der Waals surface area contributed by atoms with Crippen molar-refractivity contribution in [3.8, 4) is 0 Å². The number of ether oxygens (including phenoxy) is 1. The van der Waals surface area contributed by atoms with E-state index in [-0.39, 0.29) is 0 Å². The average molecular weight is 205 g/mol. The molecule has 0 atom stereocenters. The molecule has 0 saturated heterocycles. The van der Waals surface area contributed by atoms with Crippen LogP contribution in [0.1, 0.15) is 13.8 Å². The van der Waals surface area contributed by atoms with Crippen LogP contribution in [-0.4, -0.2) is 7.11 Å². The number of allylic oxidation sites excluding steroid dienone is 2. The van der Waals surface area contributed by atoms with Crippen molar-refractivity contribution in [3.63, 3.8) is 0 Å². The number of rotatable bonds is 3. The molecule has 0 aromatic heterocycles. The van der Waals surface area contributed by atoms with Gasteiger partial charge in [0.1, 0.15) is 5.76 Å². The molecule has 0 saturated carbocycles. The molecule has 0 aromatic rings. The third-order valence-electron chi connectivity index (χ3n) is 0.992. The smallest absolute Gasteiger partial charge is 0.125 e. The van der Waals surface area contributed by atoms with Crippen molar-refractivity contribution in [1.82, 2.24) is 0 Å². The van der Waals surface area contributed by atoms with Gasteiger partial charge in [-0.25, -0.2) is 0 Å². The lowest BCUT2D eigenvalue weighted by Crippen LogP contribution is -1.86. The first kappa shape index (κ1) is 9.76. The molecule has 0 aromatic carbocycles. The van der Waals surface area contributed by atoms with Crippen LogP contribution in [0.3, 0.4) is 0 Å². The zero-order valence-corrected chi connectivity index (χ0v) is 8.23. The molecule has 0 aliphatic rings. The van der Waals surface area contributed by atoms with Gasteiger partial charge in [0.25, 0.3) is 0 Å². The lowest BCUT2D eigenvalue weighted by Gasteiger charge is -2.03. The summed E-state index contributed by atoms with van der Waals surface area (Å²) in [4.78, 5) is 0. The highest BCUT2D eigenvalue weighted by Gasteiger charge is 1.97. The Bertz CT molecular complexity index is 147. The molecular weight excluding hydrogens is 192 g/mol. The van der Waals surface area contributed by atoms with Gasteiger partial charge < -0.3 is 4.74 Å². The zero-order valence-electron chi connectivity index (χ0n) is 6.65. The lowest BCUT2D eigenvalue weighted by molar-refractivity contribution is 0.307. The van der Waals surface area contributed by atoms with E-state index in [2.05, 4.69) is 36.4 Å². The summed E-state index contributed by atoms with van der Waals surface area (Å²) < 4.78 is 5.84. The van der Waals surface area contributed by atoms with Crippen molar-refractivity contribution in [2.75, 3.05) is 7.11 Å². The van der Waals surface area contributed by atoms with Gasteiger partial charge in [-0.1, -0.05) is 26.5 Å². The summed E-state index contributed by atoms with van der Waals surface area (Å²) in [5.74, 6) is 1.19. The van der Waals surface area contributed by atoms with E-state index < -0.39 is 0 Å². The summed E-state index contributed by atoms with van der Waals surface area (Å²) >= 11 is 3.34. The van der Waals surface area contributed by atoms with Crippen LogP contribution >= 0.6 is 15.9 Å². The second kappa shape index (κ2) is 4.56. The van der Waals surface area contributed by atoms with Gasteiger partial charge in [-0.15, -0.1) is 0 Å². The molecule has 0 N–H and O–H groups in total. The highest BCUT2D eigenvalue weighted by Crippen LogP contribution is 2.17. The molecule has 0 fully saturated rings. The van der Waals surface area contributed by atoms with Crippen LogP contribution < -0.4 is 0 Å². The molecule has 0 bridgehead atoms. The Hall–Kier alpha value is -0.240. The third-order valence-corrected chi connectivity index (χ3v) is 1.70. The number of halogens is 1. The number of methoxy groups -OCH3 is 1. The molecule has 58 valence electrons. The third kappa shape index (κ3) is 3.72. The van der Waals surface area contributed by atoms with Gasteiger partial charge in [-0.3, -0.25) is 0 Å². The summed E-state index contributed by atoms with van der Waals surface area (Å²) in [5.41, 5.74) is 0. The molecule has 0 radical (unpaired) electrons. The van der Waals surface area contributed by atoms with Crippen LogP contribution in [-0.2, 0) is 4.74 Å². The van der Waals surface area contributed by atoms with Crippen molar-refractivity contribution in [3.05, 3.63) is 22.9 Å². The van der Waals surface area contributed by atoms with Crippen LogP contribution in [0.4, 0.5) is 0 Å². The Balaban J connectivity index is 4.05. The molecule has 2 heteroatoms. The molecule has 0 spiro atoms. The normalized spacial score (nSPS) is 11.9. The van der Waals surface area contributed by atoms with E-state index in [1.54, 1.807) is 7.11 Å². The van der Waals surface area contributed by atoms with E-state index in [1.165, 1.54) is 0 Å². The van der Waals surface area contributed by atoms with Gasteiger partial charge in [0.05, 0.1) is 11.6 Å². The molecule has 0 aliphatic carbocycles. The van der Waals surface area contributed by atoms with E-state index in [1.807, 2.05) is 6.08 Å². The second-order valence-corrected chi connectivity index (χ2v) is 3.24. The maximum atomic E-state index is 4.90. The molecular formula is C8H13BrO. The van der Waals surface area contributed by atoms with Crippen molar-refractivity contribution < 1.29 is 4.74 Å². The summed E-state index contributed by atoms with van der Waals surface area (Å²) in [5, 5.41) is 0. The summed E-state index contributed by atoms with van der Waals surface area (Å²) in [6.07, 6.45) is 2.05. The first-order valence-electron chi connectivity index (χ1n) is 3.18. The number of hydrogen-bond donors (Lipinski definition) is 0. The highest BCUT2D eigenvalue weighted by atomic mass is 79.9. The standard InChI is InChI=1S/C8H13BrO/c1-6(2)5-8(9)7(3)10-4/h5-6H,3H2,1-2,4H3/b8-5+. The fourth-order valence-corrected chi connectivity index (χ4v) is 1.17. The van der Waals surface area contributed by atoms with E-state index >= 15 is 0 Å². The maximum absolute atomic E-state index is 4.90. The van der Waals surface area contributed by atoms with E-state index in [9.17, 15) is 0 Å². The van der Waals surface area contributed by atoms with Crippen molar-refractivity contribution >= 4 is 15.9 Å². The first-order chi connectivity index (χ1) is 4.57. The Morgan fingerprint density at radius 2 is 2.10 bits per heavy atom. The Morgan fingerprint density at radius 3 is 2.40 bits per heavy atom. The highest BCUT2D eigenvalue weighted by molar-refractivity contribution is 9.11. The molecule has 0 heterocycles. The fourth-order valence-electron chi connectivity index (χ4n) is 0.483. The van der Waals surface area contributed by atoms with Gasteiger partial charge in [-0.2, -0.15) is 0 Å². The Kier molecular flexibility index (Phi) is 4.45. The lowest BCUT2D eigenvalue weighted by atomic mass is 10.2. The Labute approximate surface area is 70.9 Å². The summed E-state index contributed by atoms with van der Waals surface area (Å²) in [6, 6.07) is 0. The van der Waals surface area contributed by atoms with Crippen LogP contribution in [0.25, 0.3) is 0 Å². The Morgan fingerprint density at radius 1 is 1.60 bits per heavy atom. The van der Waals surface area contributed by atoms with Gasteiger partial charge in [-0.05, 0) is 21.8 Å². The SMILES string of the molecule is C=C(OC)/C(Br)=C\C(C)C. The van der Waals surface area contributed by atoms with Crippen molar-refractivity contribution in [1.29, 1.82) is 0 Å². The number of hydrogen-bond acceptors (Lipinski definition) is 1. The van der Waals surface area contributed by atoms with E-state index in [4.69, 9.17) is 4.74 Å². The van der Waals surface area contributed by atoms with Gasteiger partial charge in [0.15, 0.2) is 0 Å². The summed E-state index contributed by atoms with van der Waals surface area (Å²) in [6.45, 7) is 7.89. The predicted octanol–water partition coefficient (Wildman–Crippen LogP) is 3.08. The minimum absolute atomic E-state index is 0.515. The molecule has 0 rings (SSSR count). The molecule has 0 amide bonds.